The number of epoxide rings is 1. The van der Waals surface area contributed by atoms with Crippen LogP contribution in [0, 0.1) is 0 Å². The van der Waals surface area contributed by atoms with Gasteiger partial charge >= 0.3 is 0 Å². The molecule has 0 radical (unpaired) electrons. The standard InChI is InChI=1S/C5H8OS/c1-4(7)2-5-3-6-5/h5H,2-3H2,1H3. The summed E-state index contributed by atoms with van der Waals surface area (Å²) in [6, 6.07) is 0. The quantitative estimate of drug-likeness (QED) is 0.396. The molecule has 0 spiro atoms. The Kier molecular flexibility index (Phi) is 1.40. The fraction of sp³-hybridized carbons (Fsp3) is 0.800. The van der Waals surface area contributed by atoms with Gasteiger partial charge in [-0.2, -0.15) is 0 Å². The monoisotopic (exact) mass is 116 g/mol. The zero-order valence-electron chi connectivity index (χ0n) is 4.31. The zero-order chi connectivity index (χ0) is 5.28. The minimum absolute atomic E-state index is 0.484. The molecule has 7 heavy (non-hydrogen) atoms. The summed E-state index contributed by atoms with van der Waals surface area (Å²) in [7, 11) is 0. The predicted octanol–water partition coefficient (Wildman–Crippen LogP) is 1.17. The van der Waals surface area contributed by atoms with E-state index in [1.165, 1.54) is 0 Å². The van der Waals surface area contributed by atoms with Crippen LogP contribution in [0.25, 0.3) is 0 Å². The average Bonchev–Trinajstić information content (AvgIpc) is 2.17. The van der Waals surface area contributed by atoms with Gasteiger partial charge in [-0.25, -0.2) is 0 Å². The van der Waals surface area contributed by atoms with Gasteiger partial charge in [-0.1, -0.05) is 12.2 Å². The van der Waals surface area contributed by atoms with Crippen molar-refractivity contribution in [2.45, 2.75) is 19.4 Å². The second kappa shape index (κ2) is 1.88. The topological polar surface area (TPSA) is 12.5 Å². The Morgan fingerprint density at radius 3 is 2.71 bits per heavy atom. The van der Waals surface area contributed by atoms with Crippen LogP contribution < -0.4 is 0 Å². The molecule has 1 fully saturated rings. The van der Waals surface area contributed by atoms with Gasteiger partial charge in [0, 0.05) is 6.42 Å². The fourth-order valence-corrected chi connectivity index (χ4v) is 0.692. The van der Waals surface area contributed by atoms with Gasteiger partial charge in [-0.3, -0.25) is 0 Å². The second-order valence-corrected chi connectivity index (χ2v) is 2.56. The third-order valence-electron chi connectivity index (χ3n) is 0.917. The van der Waals surface area contributed by atoms with Crippen molar-refractivity contribution >= 4 is 17.1 Å². The number of ether oxygens (including phenoxy) is 1. The van der Waals surface area contributed by atoms with E-state index in [2.05, 4.69) is 0 Å². The van der Waals surface area contributed by atoms with Crippen molar-refractivity contribution in [3.8, 4) is 0 Å². The van der Waals surface area contributed by atoms with Gasteiger partial charge in [-0.15, -0.1) is 0 Å². The molecule has 1 aliphatic heterocycles. The van der Waals surface area contributed by atoms with Crippen molar-refractivity contribution in [1.82, 2.24) is 0 Å². The largest absolute Gasteiger partial charge is 0.373 e. The Bertz CT molecular complexity index is 86.1. The van der Waals surface area contributed by atoms with Gasteiger partial charge in [0.25, 0.3) is 0 Å². The van der Waals surface area contributed by atoms with Gasteiger partial charge < -0.3 is 4.74 Å². The smallest absolute Gasteiger partial charge is 0.0855 e. The van der Waals surface area contributed by atoms with Crippen LogP contribution in [0.15, 0.2) is 0 Å². The minimum Gasteiger partial charge on any atom is -0.373 e. The van der Waals surface area contributed by atoms with Crippen molar-refractivity contribution in [3.63, 3.8) is 0 Å². The Labute approximate surface area is 48.7 Å². The van der Waals surface area contributed by atoms with Gasteiger partial charge in [0.2, 0.25) is 0 Å². The van der Waals surface area contributed by atoms with Crippen LogP contribution in [0.3, 0.4) is 0 Å². The number of hydrogen-bond donors (Lipinski definition) is 0. The first-order chi connectivity index (χ1) is 3.29. The summed E-state index contributed by atoms with van der Waals surface area (Å²) in [5.41, 5.74) is 0. The van der Waals surface area contributed by atoms with Crippen molar-refractivity contribution in [1.29, 1.82) is 0 Å². The summed E-state index contributed by atoms with van der Waals surface area (Å²) in [4.78, 5) is 1.06. The molecule has 0 saturated carbocycles. The van der Waals surface area contributed by atoms with Gasteiger partial charge in [0.05, 0.1) is 12.7 Å². The van der Waals surface area contributed by atoms with Crippen LogP contribution in [0.2, 0.25) is 0 Å². The van der Waals surface area contributed by atoms with Gasteiger partial charge in [0.15, 0.2) is 0 Å². The molecule has 0 bridgehead atoms. The summed E-state index contributed by atoms with van der Waals surface area (Å²) in [6.07, 6.45) is 1.47. The Balaban J connectivity index is 2.08. The highest BCUT2D eigenvalue weighted by molar-refractivity contribution is 7.80. The van der Waals surface area contributed by atoms with Crippen molar-refractivity contribution in [2.75, 3.05) is 6.61 Å². The highest BCUT2D eigenvalue weighted by atomic mass is 32.1. The van der Waals surface area contributed by atoms with E-state index in [4.69, 9.17) is 17.0 Å². The molecule has 1 nitrogen and oxygen atoms in total. The second-order valence-electron chi connectivity index (χ2n) is 1.86. The summed E-state index contributed by atoms with van der Waals surface area (Å²) in [5, 5.41) is 0. The molecular weight excluding hydrogens is 108 g/mol. The molecule has 1 rings (SSSR count). The molecule has 1 heterocycles. The maximum atomic E-state index is 4.93. The zero-order valence-corrected chi connectivity index (χ0v) is 5.12. The first-order valence-electron chi connectivity index (χ1n) is 2.40. The highest BCUT2D eigenvalue weighted by Gasteiger charge is 2.21. The average molecular weight is 116 g/mol. The van der Waals surface area contributed by atoms with Gasteiger partial charge in [0.1, 0.15) is 0 Å². The third kappa shape index (κ3) is 2.00. The summed E-state index contributed by atoms with van der Waals surface area (Å²) in [6.45, 7) is 2.88. The first kappa shape index (κ1) is 5.19. The maximum Gasteiger partial charge on any atom is 0.0855 e. The maximum absolute atomic E-state index is 4.93. The lowest BCUT2D eigenvalue weighted by Crippen LogP contribution is -1.91. The molecule has 2 heteroatoms. The van der Waals surface area contributed by atoms with Crippen LogP contribution in [0.4, 0.5) is 0 Å². The van der Waals surface area contributed by atoms with E-state index in [9.17, 15) is 0 Å². The Morgan fingerprint density at radius 2 is 2.57 bits per heavy atom. The summed E-state index contributed by atoms with van der Waals surface area (Å²) in [5.74, 6) is 0. The normalized spacial score (nSPS) is 27.3. The van der Waals surface area contributed by atoms with E-state index in [1.807, 2.05) is 6.92 Å². The first-order valence-corrected chi connectivity index (χ1v) is 2.81. The summed E-state index contributed by atoms with van der Waals surface area (Å²) >= 11 is 4.83. The van der Waals surface area contributed by atoms with E-state index >= 15 is 0 Å². The molecule has 0 aromatic carbocycles. The fourth-order valence-electron chi connectivity index (χ4n) is 0.507. The Morgan fingerprint density at radius 1 is 2.00 bits per heavy atom. The van der Waals surface area contributed by atoms with Crippen molar-refractivity contribution in [2.24, 2.45) is 0 Å². The lowest BCUT2D eigenvalue weighted by Gasteiger charge is -1.84. The van der Waals surface area contributed by atoms with Gasteiger partial charge in [-0.05, 0) is 11.8 Å². The third-order valence-corrected chi connectivity index (χ3v) is 1.08. The number of rotatable bonds is 2. The Hall–Kier alpha value is 0.0500. The van der Waals surface area contributed by atoms with Crippen LogP contribution in [-0.4, -0.2) is 17.6 Å². The van der Waals surface area contributed by atoms with E-state index in [-0.39, 0.29) is 0 Å². The molecule has 40 valence electrons. The van der Waals surface area contributed by atoms with Crippen LogP contribution in [-0.2, 0) is 4.74 Å². The van der Waals surface area contributed by atoms with Crippen molar-refractivity contribution in [3.05, 3.63) is 0 Å². The van der Waals surface area contributed by atoms with Crippen LogP contribution in [0.1, 0.15) is 13.3 Å². The van der Waals surface area contributed by atoms with E-state index in [1.54, 1.807) is 0 Å². The SMILES string of the molecule is CC(=S)CC1CO1. The summed E-state index contributed by atoms with van der Waals surface area (Å²) < 4.78 is 4.93. The molecule has 0 aliphatic carbocycles. The number of hydrogen-bond acceptors (Lipinski definition) is 2. The molecule has 1 atom stereocenters. The molecule has 1 unspecified atom stereocenters. The van der Waals surface area contributed by atoms with Crippen LogP contribution >= 0.6 is 12.2 Å². The molecule has 0 N–H and O–H groups in total. The van der Waals surface area contributed by atoms with E-state index in [0.29, 0.717) is 6.10 Å². The predicted molar refractivity (Wildman–Crippen MR) is 32.6 cm³/mol. The van der Waals surface area contributed by atoms with E-state index in [0.717, 1.165) is 17.9 Å². The van der Waals surface area contributed by atoms with E-state index < -0.39 is 0 Å². The molecule has 0 amide bonds. The number of thiocarbonyl (C=S) groups is 1. The molecular formula is C5H8OS. The molecule has 1 saturated heterocycles. The highest BCUT2D eigenvalue weighted by Crippen LogP contribution is 2.13. The molecule has 0 aromatic rings. The minimum atomic E-state index is 0.484. The van der Waals surface area contributed by atoms with Crippen molar-refractivity contribution < 1.29 is 4.74 Å². The van der Waals surface area contributed by atoms with Crippen LogP contribution in [0.5, 0.6) is 0 Å². The lowest BCUT2D eigenvalue weighted by atomic mass is 10.3. The molecule has 1 aliphatic rings. The molecule has 0 aromatic heterocycles. The lowest BCUT2D eigenvalue weighted by molar-refractivity contribution is 0.414.